The second-order valence-corrected chi connectivity index (χ2v) is 7.01. The summed E-state index contributed by atoms with van der Waals surface area (Å²) in [6, 6.07) is 19.5. The number of quaternary nitrogens is 1. The van der Waals surface area contributed by atoms with Crippen molar-refractivity contribution in [1.29, 1.82) is 0 Å². The largest absolute Gasteiger partial charge is 0.369 e. The van der Waals surface area contributed by atoms with Crippen molar-refractivity contribution in [2.75, 3.05) is 13.6 Å². The Hall–Kier alpha value is -2.08. The molecule has 0 bridgehead atoms. The smallest absolute Gasteiger partial charge is 0.177 e. The topological polar surface area (TPSA) is 24.7 Å². The Bertz CT molecular complexity index is 689. The van der Waals surface area contributed by atoms with Gasteiger partial charge in [-0.3, -0.25) is 0 Å². The highest BCUT2D eigenvalue weighted by atomic mass is 16.3. The van der Waals surface area contributed by atoms with Crippen LogP contribution in [0.1, 0.15) is 37.3 Å². The van der Waals surface area contributed by atoms with Crippen LogP contribution in [-0.2, 0) is 5.60 Å². The summed E-state index contributed by atoms with van der Waals surface area (Å²) in [6.07, 6.45) is 3.54. The molecule has 1 aliphatic rings. The molecule has 2 N–H and O–H groups in total. The average Bonchev–Trinajstić information content (AvgIpc) is 2.64. The lowest BCUT2D eigenvalue weighted by atomic mass is 9.84. The number of rotatable bonds is 2. The molecular weight excluding hydrogens is 294 g/mol. The van der Waals surface area contributed by atoms with Crippen molar-refractivity contribution in [3.05, 3.63) is 71.8 Å². The zero-order valence-electron chi connectivity index (χ0n) is 14.5. The molecule has 3 rings (SSSR count). The Balaban J connectivity index is 2.06. The Morgan fingerprint density at radius 1 is 0.958 bits per heavy atom. The molecule has 1 aliphatic heterocycles. The van der Waals surface area contributed by atoms with E-state index in [1.807, 2.05) is 60.7 Å². The number of aliphatic hydroxyl groups is 1. The highest BCUT2D eigenvalue weighted by molar-refractivity contribution is 5.45. The minimum atomic E-state index is -1.27. The highest BCUT2D eigenvalue weighted by Gasteiger charge is 2.36. The number of piperidine rings is 1. The van der Waals surface area contributed by atoms with E-state index in [-0.39, 0.29) is 5.54 Å². The van der Waals surface area contributed by atoms with E-state index >= 15 is 0 Å². The summed E-state index contributed by atoms with van der Waals surface area (Å²) >= 11 is 0. The maximum absolute atomic E-state index is 11.5. The van der Waals surface area contributed by atoms with Gasteiger partial charge in [-0.2, -0.15) is 0 Å². The van der Waals surface area contributed by atoms with Crippen LogP contribution >= 0.6 is 0 Å². The van der Waals surface area contributed by atoms with Crippen LogP contribution < -0.4 is 4.90 Å². The van der Waals surface area contributed by atoms with Crippen molar-refractivity contribution in [3.8, 4) is 11.8 Å². The molecule has 2 nitrogen and oxygen atoms in total. The fourth-order valence-corrected chi connectivity index (χ4v) is 3.43. The maximum atomic E-state index is 11.5. The van der Waals surface area contributed by atoms with Crippen LogP contribution in [0.5, 0.6) is 0 Å². The Labute approximate surface area is 145 Å². The quantitative estimate of drug-likeness (QED) is 0.816. The van der Waals surface area contributed by atoms with Crippen LogP contribution in [-0.4, -0.2) is 24.2 Å². The molecule has 124 valence electrons. The van der Waals surface area contributed by atoms with Crippen LogP contribution in [0.2, 0.25) is 0 Å². The van der Waals surface area contributed by atoms with E-state index in [1.54, 1.807) is 0 Å². The lowest BCUT2D eigenvalue weighted by Crippen LogP contribution is -3.18. The van der Waals surface area contributed by atoms with Crippen molar-refractivity contribution >= 4 is 0 Å². The first-order valence-electron chi connectivity index (χ1n) is 8.75. The van der Waals surface area contributed by atoms with Crippen molar-refractivity contribution in [2.45, 2.75) is 37.3 Å². The SMILES string of the molecule is C[NH+]1CCCC[C@]1(C)C#CC(O)(c1ccccc1)c1ccccc1. The third-order valence-corrected chi connectivity index (χ3v) is 5.32. The van der Waals surface area contributed by atoms with Crippen molar-refractivity contribution in [1.82, 2.24) is 0 Å². The second-order valence-electron chi connectivity index (χ2n) is 7.01. The first kappa shape index (κ1) is 16.8. The summed E-state index contributed by atoms with van der Waals surface area (Å²) in [7, 11) is 2.21. The molecule has 0 aromatic heterocycles. The number of benzene rings is 2. The van der Waals surface area contributed by atoms with Crippen LogP contribution in [0.4, 0.5) is 0 Å². The molecule has 1 saturated heterocycles. The number of likely N-dealkylation sites (tertiary alicyclic amines) is 1. The van der Waals surface area contributed by atoms with E-state index in [0.717, 1.165) is 24.1 Å². The van der Waals surface area contributed by atoms with Crippen molar-refractivity contribution in [3.63, 3.8) is 0 Å². The maximum Gasteiger partial charge on any atom is 0.177 e. The van der Waals surface area contributed by atoms with E-state index in [2.05, 4.69) is 25.8 Å². The van der Waals surface area contributed by atoms with E-state index in [4.69, 9.17) is 0 Å². The average molecular weight is 320 g/mol. The van der Waals surface area contributed by atoms with Crippen LogP contribution in [0.3, 0.4) is 0 Å². The minimum absolute atomic E-state index is 0.101. The van der Waals surface area contributed by atoms with Gasteiger partial charge < -0.3 is 10.0 Å². The molecule has 0 amide bonds. The standard InChI is InChI=1S/C22H25NO/c1-21(15-9-10-18-23(21)2)16-17-22(24,19-11-5-3-6-12-19)20-13-7-4-8-14-20/h3-8,11-14,24H,9-10,15,18H2,1-2H3/p+1/t21-/m1/s1. The molecule has 24 heavy (non-hydrogen) atoms. The summed E-state index contributed by atoms with van der Waals surface area (Å²) < 4.78 is 0. The normalized spacial score (nSPS) is 24.0. The van der Waals surface area contributed by atoms with Crippen molar-refractivity contribution in [2.24, 2.45) is 0 Å². The number of nitrogens with one attached hydrogen (secondary N) is 1. The van der Waals surface area contributed by atoms with Gasteiger partial charge in [-0.25, -0.2) is 0 Å². The van der Waals surface area contributed by atoms with Crippen LogP contribution in [0.25, 0.3) is 0 Å². The van der Waals surface area contributed by atoms with Gasteiger partial charge in [-0.15, -0.1) is 0 Å². The van der Waals surface area contributed by atoms with Crippen molar-refractivity contribution < 1.29 is 10.0 Å². The zero-order chi connectivity index (χ0) is 17.0. The van der Waals surface area contributed by atoms with Gasteiger partial charge in [0.15, 0.2) is 11.1 Å². The van der Waals surface area contributed by atoms with Gasteiger partial charge in [-0.1, -0.05) is 66.6 Å². The first-order chi connectivity index (χ1) is 11.5. The van der Waals surface area contributed by atoms with E-state index in [1.165, 1.54) is 17.7 Å². The third kappa shape index (κ3) is 3.24. The van der Waals surface area contributed by atoms with E-state index < -0.39 is 5.60 Å². The lowest BCUT2D eigenvalue weighted by molar-refractivity contribution is -0.928. The molecule has 0 radical (unpaired) electrons. The fourth-order valence-electron chi connectivity index (χ4n) is 3.43. The summed E-state index contributed by atoms with van der Waals surface area (Å²) in [5, 5.41) is 11.5. The van der Waals surface area contributed by atoms with Gasteiger partial charge in [0.1, 0.15) is 0 Å². The highest BCUT2D eigenvalue weighted by Crippen LogP contribution is 2.29. The van der Waals surface area contributed by atoms with E-state index in [0.29, 0.717) is 0 Å². The van der Waals surface area contributed by atoms with Gasteiger partial charge in [0.2, 0.25) is 0 Å². The van der Waals surface area contributed by atoms with Gasteiger partial charge in [0, 0.05) is 24.5 Å². The van der Waals surface area contributed by atoms with Crippen LogP contribution in [0.15, 0.2) is 60.7 Å². The monoisotopic (exact) mass is 320 g/mol. The molecule has 2 heteroatoms. The molecule has 0 spiro atoms. The minimum Gasteiger partial charge on any atom is -0.369 e. The van der Waals surface area contributed by atoms with Gasteiger partial charge in [0.25, 0.3) is 0 Å². The number of hydrogen-bond donors (Lipinski definition) is 2. The first-order valence-corrected chi connectivity index (χ1v) is 8.75. The second kappa shape index (κ2) is 6.81. The molecule has 2 aromatic rings. The molecular formula is C22H26NO+. The lowest BCUT2D eigenvalue weighted by Gasteiger charge is -2.35. The molecule has 0 aliphatic carbocycles. The summed E-state index contributed by atoms with van der Waals surface area (Å²) in [5.74, 6) is 6.70. The molecule has 2 aromatic carbocycles. The summed E-state index contributed by atoms with van der Waals surface area (Å²) in [5.41, 5.74) is 0.264. The summed E-state index contributed by atoms with van der Waals surface area (Å²) in [4.78, 5) is 1.43. The molecule has 1 fully saturated rings. The fraction of sp³-hybridized carbons (Fsp3) is 0.364. The van der Waals surface area contributed by atoms with Gasteiger partial charge >= 0.3 is 0 Å². The molecule has 1 unspecified atom stereocenters. The Morgan fingerprint density at radius 3 is 2.00 bits per heavy atom. The number of hydrogen-bond acceptors (Lipinski definition) is 1. The predicted octanol–water partition coefficient (Wildman–Crippen LogP) is 2.38. The van der Waals surface area contributed by atoms with E-state index in [9.17, 15) is 5.11 Å². The molecule has 1 heterocycles. The summed E-state index contributed by atoms with van der Waals surface area (Å²) in [6.45, 7) is 3.35. The van der Waals surface area contributed by atoms with Gasteiger partial charge in [-0.05, 0) is 18.8 Å². The van der Waals surface area contributed by atoms with Crippen LogP contribution in [0, 0.1) is 11.8 Å². The predicted molar refractivity (Wildman–Crippen MR) is 97.7 cm³/mol. The molecule has 0 saturated carbocycles. The Morgan fingerprint density at radius 2 is 1.50 bits per heavy atom. The zero-order valence-corrected chi connectivity index (χ0v) is 14.5. The van der Waals surface area contributed by atoms with Gasteiger partial charge in [0.05, 0.1) is 13.6 Å². The third-order valence-electron chi connectivity index (χ3n) is 5.32. The molecule has 2 atom stereocenters. The Kier molecular flexibility index (Phi) is 4.76.